The third-order valence-corrected chi connectivity index (χ3v) is 4.65. The third kappa shape index (κ3) is 4.65. The first-order valence-corrected chi connectivity index (χ1v) is 8.89. The number of carboxylic acids is 1. The number of furan rings is 1. The van der Waals surface area contributed by atoms with Crippen molar-refractivity contribution >= 4 is 11.9 Å². The number of nitrogens with zero attached hydrogens (tertiary/aromatic N) is 1. The summed E-state index contributed by atoms with van der Waals surface area (Å²) in [4.78, 5) is 25.4. The van der Waals surface area contributed by atoms with E-state index in [9.17, 15) is 9.59 Å². The molecule has 1 aliphatic rings. The first kappa shape index (κ1) is 18.0. The van der Waals surface area contributed by atoms with Crippen molar-refractivity contribution in [1.29, 1.82) is 0 Å². The van der Waals surface area contributed by atoms with Crippen LogP contribution in [0.4, 0.5) is 0 Å². The zero-order valence-electron chi connectivity index (χ0n) is 14.6. The molecule has 1 atom stereocenters. The number of aliphatic carboxylic acids is 1. The summed E-state index contributed by atoms with van der Waals surface area (Å²) in [6.07, 6.45) is 4.08. The lowest BCUT2D eigenvalue weighted by Gasteiger charge is -2.32. The summed E-state index contributed by atoms with van der Waals surface area (Å²) < 4.78 is 11.2. The molecule has 2 aromatic rings. The average molecular weight is 357 g/mol. The van der Waals surface area contributed by atoms with Crippen LogP contribution in [0.2, 0.25) is 0 Å². The Bertz CT molecular complexity index is 740. The zero-order chi connectivity index (χ0) is 18.4. The van der Waals surface area contributed by atoms with Crippen molar-refractivity contribution in [3.63, 3.8) is 0 Å². The Morgan fingerprint density at radius 1 is 1.23 bits per heavy atom. The number of amides is 1. The van der Waals surface area contributed by atoms with Gasteiger partial charge in [-0.2, -0.15) is 0 Å². The van der Waals surface area contributed by atoms with Gasteiger partial charge in [-0.05, 0) is 43.4 Å². The standard InChI is InChI=1S/C20H23NO5/c22-18(23)9-8-15-5-4-11-21(13-15)20(24)19-16(10-12-25-19)14-26-17-6-2-1-3-7-17/h1-3,6-7,10,12,15H,4-5,8-9,11,13-14H2,(H,22,23). The smallest absolute Gasteiger partial charge is 0.303 e. The Hall–Kier alpha value is -2.76. The van der Waals surface area contributed by atoms with Crippen molar-refractivity contribution in [2.24, 2.45) is 5.92 Å². The van der Waals surface area contributed by atoms with Crippen LogP contribution in [-0.2, 0) is 11.4 Å². The number of hydrogen-bond donors (Lipinski definition) is 1. The molecule has 6 nitrogen and oxygen atoms in total. The van der Waals surface area contributed by atoms with E-state index in [-0.39, 0.29) is 24.9 Å². The van der Waals surface area contributed by atoms with Gasteiger partial charge in [0.15, 0.2) is 5.76 Å². The molecule has 1 aromatic heterocycles. The molecule has 3 rings (SSSR count). The first-order valence-electron chi connectivity index (χ1n) is 8.89. The summed E-state index contributed by atoms with van der Waals surface area (Å²) in [7, 11) is 0. The zero-order valence-corrected chi connectivity index (χ0v) is 14.6. The largest absolute Gasteiger partial charge is 0.489 e. The number of carbonyl (C=O) groups is 2. The molecule has 1 amide bonds. The predicted molar refractivity (Wildman–Crippen MR) is 95.0 cm³/mol. The van der Waals surface area contributed by atoms with Crippen LogP contribution in [0.15, 0.2) is 47.1 Å². The van der Waals surface area contributed by atoms with Crippen molar-refractivity contribution < 1.29 is 23.8 Å². The Morgan fingerprint density at radius 3 is 2.81 bits per heavy atom. The van der Waals surface area contributed by atoms with Crippen LogP contribution in [0.25, 0.3) is 0 Å². The van der Waals surface area contributed by atoms with Crippen LogP contribution >= 0.6 is 0 Å². The van der Waals surface area contributed by atoms with E-state index in [2.05, 4.69) is 0 Å². The lowest BCUT2D eigenvalue weighted by molar-refractivity contribution is -0.137. The minimum atomic E-state index is -0.792. The van der Waals surface area contributed by atoms with Gasteiger partial charge in [0.05, 0.1) is 6.26 Å². The third-order valence-electron chi connectivity index (χ3n) is 4.65. The molecular formula is C20H23NO5. The molecular weight excluding hydrogens is 334 g/mol. The summed E-state index contributed by atoms with van der Waals surface area (Å²) >= 11 is 0. The van der Waals surface area contributed by atoms with Crippen molar-refractivity contribution in [1.82, 2.24) is 4.90 Å². The molecule has 1 aliphatic heterocycles. The fourth-order valence-electron chi connectivity index (χ4n) is 3.27. The van der Waals surface area contributed by atoms with Gasteiger partial charge in [0, 0.05) is 25.1 Å². The molecule has 2 heterocycles. The molecule has 1 fully saturated rings. The molecule has 1 aromatic carbocycles. The Morgan fingerprint density at radius 2 is 2.04 bits per heavy atom. The second-order valence-electron chi connectivity index (χ2n) is 6.57. The van der Waals surface area contributed by atoms with Gasteiger partial charge in [-0.15, -0.1) is 0 Å². The number of hydrogen-bond acceptors (Lipinski definition) is 4. The molecule has 0 saturated carbocycles. The van der Waals surface area contributed by atoms with Gasteiger partial charge in [0.2, 0.25) is 0 Å². The molecule has 0 aliphatic carbocycles. The van der Waals surface area contributed by atoms with Gasteiger partial charge >= 0.3 is 5.97 Å². The minimum Gasteiger partial charge on any atom is -0.489 e. The van der Waals surface area contributed by atoms with E-state index >= 15 is 0 Å². The molecule has 138 valence electrons. The highest BCUT2D eigenvalue weighted by Crippen LogP contribution is 2.24. The van der Waals surface area contributed by atoms with Crippen molar-refractivity contribution in [3.05, 3.63) is 54.0 Å². The summed E-state index contributed by atoms with van der Waals surface area (Å²) in [5, 5.41) is 8.85. The molecule has 0 radical (unpaired) electrons. The molecule has 1 unspecified atom stereocenters. The lowest BCUT2D eigenvalue weighted by Crippen LogP contribution is -2.40. The number of carbonyl (C=O) groups excluding carboxylic acids is 1. The van der Waals surface area contributed by atoms with Crippen LogP contribution in [0, 0.1) is 5.92 Å². The van der Waals surface area contributed by atoms with Crippen LogP contribution in [0.1, 0.15) is 41.8 Å². The number of para-hydroxylation sites is 1. The molecule has 0 bridgehead atoms. The monoisotopic (exact) mass is 357 g/mol. The molecule has 26 heavy (non-hydrogen) atoms. The van der Waals surface area contributed by atoms with Crippen LogP contribution < -0.4 is 4.74 Å². The van der Waals surface area contributed by atoms with Gasteiger partial charge in [-0.25, -0.2) is 0 Å². The van der Waals surface area contributed by atoms with E-state index in [1.165, 1.54) is 6.26 Å². The quantitative estimate of drug-likeness (QED) is 0.819. The molecule has 1 N–H and O–H groups in total. The second kappa shape index (κ2) is 8.56. The number of carboxylic acid groups (broad SMARTS) is 1. The van der Waals surface area contributed by atoms with Gasteiger partial charge in [0.1, 0.15) is 12.4 Å². The van der Waals surface area contributed by atoms with Gasteiger partial charge in [-0.1, -0.05) is 18.2 Å². The Labute approximate surface area is 152 Å². The van der Waals surface area contributed by atoms with Crippen LogP contribution in [0.5, 0.6) is 5.75 Å². The molecule has 6 heteroatoms. The fraction of sp³-hybridized carbons (Fsp3) is 0.400. The summed E-state index contributed by atoms with van der Waals surface area (Å²) in [6.45, 7) is 1.51. The number of likely N-dealkylation sites (tertiary alicyclic amines) is 1. The number of ether oxygens (including phenoxy) is 1. The highest BCUT2D eigenvalue weighted by Gasteiger charge is 2.28. The van der Waals surface area contributed by atoms with Crippen molar-refractivity contribution in [2.45, 2.75) is 32.3 Å². The van der Waals surface area contributed by atoms with Crippen LogP contribution in [0.3, 0.4) is 0 Å². The van der Waals surface area contributed by atoms with E-state index in [1.807, 2.05) is 30.3 Å². The summed E-state index contributed by atoms with van der Waals surface area (Å²) in [5.41, 5.74) is 0.714. The highest BCUT2D eigenvalue weighted by molar-refractivity contribution is 5.93. The van der Waals surface area contributed by atoms with Crippen molar-refractivity contribution in [3.8, 4) is 5.75 Å². The van der Waals surface area contributed by atoms with E-state index in [1.54, 1.807) is 11.0 Å². The SMILES string of the molecule is O=C(O)CCC1CCCN(C(=O)c2occc2COc2ccccc2)C1. The number of benzene rings is 1. The summed E-state index contributed by atoms with van der Waals surface area (Å²) in [6, 6.07) is 11.2. The maximum atomic E-state index is 12.8. The Kier molecular flexibility index (Phi) is 5.94. The van der Waals surface area contributed by atoms with E-state index in [4.69, 9.17) is 14.3 Å². The maximum absolute atomic E-state index is 12.8. The summed E-state index contributed by atoms with van der Waals surface area (Å²) in [5.74, 6) is 0.322. The number of rotatable bonds is 7. The van der Waals surface area contributed by atoms with Crippen molar-refractivity contribution in [2.75, 3.05) is 13.1 Å². The lowest BCUT2D eigenvalue weighted by atomic mass is 9.93. The van der Waals surface area contributed by atoms with E-state index in [0.717, 1.165) is 18.6 Å². The van der Waals surface area contributed by atoms with Gasteiger partial charge < -0.3 is 19.2 Å². The molecule has 1 saturated heterocycles. The van der Waals surface area contributed by atoms with Gasteiger partial charge in [0.25, 0.3) is 5.91 Å². The molecule has 0 spiro atoms. The number of piperidine rings is 1. The topological polar surface area (TPSA) is 80.0 Å². The normalized spacial score (nSPS) is 17.1. The minimum absolute atomic E-state index is 0.142. The second-order valence-corrected chi connectivity index (χ2v) is 6.57. The average Bonchev–Trinajstić information content (AvgIpc) is 3.14. The Balaban J connectivity index is 1.61. The van der Waals surface area contributed by atoms with Gasteiger partial charge in [-0.3, -0.25) is 9.59 Å². The highest BCUT2D eigenvalue weighted by atomic mass is 16.5. The maximum Gasteiger partial charge on any atom is 0.303 e. The van der Waals surface area contributed by atoms with Crippen LogP contribution in [-0.4, -0.2) is 35.0 Å². The fourth-order valence-corrected chi connectivity index (χ4v) is 3.27. The predicted octanol–water partition coefficient (Wildman–Crippen LogP) is 3.58. The van der Waals surface area contributed by atoms with E-state index < -0.39 is 5.97 Å². The first-order chi connectivity index (χ1) is 12.6. The van der Waals surface area contributed by atoms with E-state index in [0.29, 0.717) is 30.8 Å².